The molecular formula is C13H24N4O2. The molecule has 108 valence electrons. The van der Waals surface area contributed by atoms with Crippen molar-refractivity contribution in [2.24, 2.45) is 4.99 Å². The third kappa shape index (κ3) is 4.29. The number of alkyl carbamates (subject to hydrolysis) is 1. The molecule has 2 N–H and O–H groups in total. The molecule has 0 spiro atoms. The van der Waals surface area contributed by atoms with Crippen molar-refractivity contribution in [3.63, 3.8) is 0 Å². The fourth-order valence-corrected chi connectivity index (χ4v) is 2.31. The Bertz CT molecular complexity index is 354. The summed E-state index contributed by atoms with van der Waals surface area (Å²) in [6.45, 7) is 9.27. The summed E-state index contributed by atoms with van der Waals surface area (Å²) >= 11 is 0. The number of hydrogen-bond donors (Lipinski definition) is 2. The second-order valence-corrected chi connectivity index (χ2v) is 6.04. The van der Waals surface area contributed by atoms with Gasteiger partial charge in [0.1, 0.15) is 5.60 Å². The molecule has 6 nitrogen and oxygen atoms in total. The van der Waals surface area contributed by atoms with Gasteiger partial charge < -0.3 is 20.3 Å². The second kappa shape index (κ2) is 5.67. The van der Waals surface area contributed by atoms with E-state index in [4.69, 9.17) is 4.74 Å². The number of amides is 1. The predicted octanol–water partition coefficient (Wildman–Crippen LogP) is 0.935. The second-order valence-electron chi connectivity index (χ2n) is 6.04. The first-order chi connectivity index (χ1) is 8.94. The summed E-state index contributed by atoms with van der Waals surface area (Å²) < 4.78 is 5.27. The first-order valence-corrected chi connectivity index (χ1v) is 6.97. The van der Waals surface area contributed by atoms with Crippen LogP contribution in [-0.4, -0.2) is 54.8 Å². The Morgan fingerprint density at radius 3 is 2.63 bits per heavy atom. The first-order valence-electron chi connectivity index (χ1n) is 6.97. The summed E-state index contributed by atoms with van der Waals surface area (Å²) in [7, 11) is 0. The van der Waals surface area contributed by atoms with Gasteiger partial charge in [-0.15, -0.1) is 0 Å². The highest BCUT2D eigenvalue weighted by molar-refractivity contribution is 5.81. The molecule has 0 aromatic carbocycles. The normalized spacial score (nSPS) is 20.8. The van der Waals surface area contributed by atoms with Gasteiger partial charge >= 0.3 is 6.09 Å². The number of carbonyl (C=O) groups is 1. The van der Waals surface area contributed by atoms with Gasteiger partial charge in [-0.25, -0.2) is 4.79 Å². The van der Waals surface area contributed by atoms with Gasteiger partial charge in [-0.3, -0.25) is 4.99 Å². The Balaban J connectivity index is 1.73. The number of ether oxygens (including phenoxy) is 1. The molecule has 2 aliphatic rings. The highest BCUT2D eigenvalue weighted by atomic mass is 16.6. The number of hydrogen-bond acceptors (Lipinski definition) is 5. The van der Waals surface area contributed by atoms with Gasteiger partial charge in [-0.05, 0) is 33.6 Å². The minimum Gasteiger partial charge on any atom is -0.444 e. The average molecular weight is 268 g/mol. The van der Waals surface area contributed by atoms with Gasteiger partial charge in [0.05, 0.1) is 6.54 Å². The van der Waals surface area contributed by atoms with E-state index in [1.54, 1.807) is 0 Å². The molecule has 0 aromatic heterocycles. The van der Waals surface area contributed by atoms with Crippen molar-refractivity contribution in [1.82, 2.24) is 15.5 Å². The SMILES string of the molecule is CC(C)(C)OC(=O)NC1CCN(C2=NCCN2)CC1. The minimum absolute atomic E-state index is 0.202. The monoisotopic (exact) mass is 268 g/mol. The molecule has 1 fully saturated rings. The smallest absolute Gasteiger partial charge is 0.407 e. The molecular weight excluding hydrogens is 244 g/mol. The number of carbonyl (C=O) groups excluding carboxylic acids is 1. The van der Waals surface area contributed by atoms with E-state index in [1.807, 2.05) is 20.8 Å². The van der Waals surface area contributed by atoms with Crippen molar-refractivity contribution >= 4 is 12.1 Å². The minimum atomic E-state index is -0.437. The number of aliphatic imine (C=N–C) groups is 1. The van der Waals surface area contributed by atoms with E-state index in [9.17, 15) is 4.79 Å². The maximum Gasteiger partial charge on any atom is 0.407 e. The van der Waals surface area contributed by atoms with Crippen LogP contribution in [0.25, 0.3) is 0 Å². The van der Waals surface area contributed by atoms with Gasteiger partial charge in [-0.2, -0.15) is 0 Å². The Labute approximate surface area is 114 Å². The molecule has 0 aliphatic carbocycles. The fraction of sp³-hybridized carbons (Fsp3) is 0.846. The molecule has 0 bridgehead atoms. The molecule has 1 amide bonds. The van der Waals surface area contributed by atoms with Crippen LogP contribution in [0.4, 0.5) is 4.79 Å². The van der Waals surface area contributed by atoms with Crippen molar-refractivity contribution in [1.29, 1.82) is 0 Å². The van der Waals surface area contributed by atoms with Crippen LogP contribution >= 0.6 is 0 Å². The van der Waals surface area contributed by atoms with Crippen LogP contribution in [0.15, 0.2) is 4.99 Å². The Kier molecular flexibility index (Phi) is 4.17. The van der Waals surface area contributed by atoms with Crippen LogP contribution in [-0.2, 0) is 4.74 Å². The van der Waals surface area contributed by atoms with Gasteiger partial charge in [-0.1, -0.05) is 0 Å². The topological polar surface area (TPSA) is 66.0 Å². The van der Waals surface area contributed by atoms with E-state index in [2.05, 4.69) is 20.5 Å². The summed E-state index contributed by atoms with van der Waals surface area (Å²) in [5.41, 5.74) is -0.437. The lowest BCUT2D eigenvalue weighted by Gasteiger charge is -2.33. The molecule has 0 aromatic rings. The summed E-state index contributed by atoms with van der Waals surface area (Å²) in [6, 6.07) is 0.202. The lowest BCUT2D eigenvalue weighted by atomic mass is 10.1. The van der Waals surface area contributed by atoms with Crippen LogP contribution in [0, 0.1) is 0 Å². The number of nitrogens with one attached hydrogen (secondary N) is 2. The zero-order chi connectivity index (χ0) is 13.9. The van der Waals surface area contributed by atoms with Crippen molar-refractivity contribution < 1.29 is 9.53 Å². The number of guanidine groups is 1. The van der Waals surface area contributed by atoms with E-state index < -0.39 is 5.60 Å². The molecule has 19 heavy (non-hydrogen) atoms. The van der Waals surface area contributed by atoms with E-state index >= 15 is 0 Å². The van der Waals surface area contributed by atoms with Crippen LogP contribution in [0.5, 0.6) is 0 Å². The van der Waals surface area contributed by atoms with Crippen LogP contribution in [0.2, 0.25) is 0 Å². The summed E-state index contributed by atoms with van der Waals surface area (Å²) in [4.78, 5) is 18.3. The Hall–Kier alpha value is -1.46. The Morgan fingerprint density at radius 1 is 1.42 bits per heavy atom. The average Bonchev–Trinajstić information content (AvgIpc) is 2.80. The highest BCUT2D eigenvalue weighted by Crippen LogP contribution is 2.13. The quantitative estimate of drug-likeness (QED) is 0.742. The molecule has 2 rings (SSSR count). The van der Waals surface area contributed by atoms with Crippen LogP contribution in [0.1, 0.15) is 33.6 Å². The molecule has 0 saturated carbocycles. The van der Waals surface area contributed by atoms with Crippen molar-refractivity contribution in [3.05, 3.63) is 0 Å². The lowest BCUT2D eigenvalue weighted by Crippen LogP contribution is -2.49. The van der Waals surface area contributed by atoms with Gasteiger partial charge in [0, 0.05) is 25.7 Å². The highest BCUT2D eigenvalue weighted by Gasteiger charge is 2.25. The van der Waals surface area contributed by atoms with Crippen molar-refractivity contribution in [2.75, 3.05) is 26.2 Å². The molecule has 0 atom stereocenters. The van der Waals surface area contributed by atoms with E-state index in [0.717, 1.165) is 45.0 Å². The van der Waals surface area contributed by atoms with E-state index in [0.29, 0.717) is 0 Å². The summed E-state index contributed by atoms with van der Waals surface area (Å²) in [6.07, 6.45) is 1.54. The van der Waals surface area contributed by atoms with Crippen molar-refractivity contribution in [2.45, 2.75) is 45.3 Å². The molecule has 2 heterocycles. The number of nitrogens with zero attached hydrogens (tertiary/aromatic N) is 2. The third-order valence-corrected chi connectivity index (χ3v) is 3.17. The molecule has 2 aliphatic heterocycles. The first kappa shape index (κ1) is 14.0. The lowest BCUT2D eigenvalue weighted by molar-refractivity contribution is 0.0488. The fourth-order valence-electron chi connectivity index (χ4n) is 2.31. The molecule has 0 radical (unpaired) electrons. The van der Waals surface area contributed by atoms with Crippen LogP contribution in [0.3, 0.4) is 0 Å². The van der Waals surface area contributed by atoms with Gasteiger partial charge in [0.25, 0.3) is 0 Å². The number of likely N-dealkylation sites (tertiary alicyclic amines) is 1. The molecule has 6 heteroatoms. The van der Waals surface area contributed by atoms with Crippen LogP contribution < -0.4 is 10.6 Å². The standard InChI is InChI=1S/C13H24N4O2/c1-13(2,3)19-12(18)16-10-4-8-17(9-5-10)11-14-6-7-15-11/h10H,4-9H2,1-3H3,(H,14,15)(H,16,18). The van der Waals surface area contributed by atoms with E-state index in [-0.39, 0.29) is 12.1 Å². The van der Waals surface area contributed by atoms with Crippen molar-refractivity contribution in [3.8, 4) is 0 Å². The van der Waals surface area contributed by atoms with Gasteiger partial charge in [0.15, 0.2) is 5.96 Å². The summed E-state index contributed by atoms with van der Waals surface area (Å²) in [5, 5.41) is 6.22. The molecule has 1 saturated heterocycles. The van der Waals surface area contributed by atoms with Gasteiger partial charge in [0.2, 0.25) is 0 Å². The van der Waals surface area contributed by atoms with E-state index in [1.165, 1.54) is 0 Å². The number of rotatable bonds is 1. The maximum atomic E-state index is 11.7. The maximum absolute atomic E-state index is 11.7. The third-order valence-electron chi connectivity index (χ3n) is 3.17. The number of piperidine rings is 1. The Morgan fingerprint density at radius 2 is 2.11 bits per heavy atom. The zero-order valence-corrected chi connectivity index (χ0v) is 12.0. The summed E-state index contributed by atoms with van der Waals surface area (Å²) in [5.74, 6) is 1.01. The zero-order valence-electron chi connectivity index (χ0n) is 12.0. The largest absolute Gasteiger partial charge is 0.444 e. The molecule has 0 unspecified atom stereocenters. The predicted molar refractivity (Wildman–Crippen MR) is 74.3 cm³/mol.